The summed E-state index contributed by atoms with van der Waals surface area (Å²) in [6.07, 6.45) is 0. The zero-order valence-corrected chi connectivity index (χ0v) is 9.75. The van der Waals surface area contributed by atoms with Gasteiger partial charge in [-0.15, -0.1) is 0 Å². The van der Waals surface area contributed by atoms with Crippen molar-refractivity contribution in [3.8, 4) is 0 Å². The van der Waals surface area contributed by atoms with Crippen LogP contribution in [0.4, 0.5) is 0 Å². The Hall–Kier alpha value is -1.36. The molecule has 1 atom stereocenters. The molecule has 2 rings (SSSR count). The standard InChI is InChI=1S/C11H13NO3S/c1-8-3-2-4-9(5-8)10-6-16(14,15)7-11(13)12-10/h2-5,10H,6-7H2,1H3,(H,12,13). The van der Waals surface area contributed by atoms with Crippen LogP contribution in [0, 0.1) is 6.92 Å². The topological polar surface area (TPSA) is 63.2 Å². The zero-order chi connectivity index (χ0) is 11.8. The summed E-state index contributed by atoms with van der Waals surface area (Å²) in [6.45, 7) is 1.93. The number of hydrogen-bond acceptors (Lipinski definition) is 3. The maximum Gasteiger partial charge on any atom is 0.235 e. The SMILES string of the molecule is Cc1cccc(C2CS(=O)(=O)CC(=O)N2)c1. The van der Waals surface area contributed by atoms with Crippen LogP contribution in [-0.4, -0.2) is 25.8 Å². The molecule has 16 heavy (non-hydrogen) atoms. The van der Waals surface area contributed by atoms with Gasteiger partial charge < -0.3 is 5.32 Å². The van der Waals surface area contributed by atoms with Crippen molar-refractivity contribution in [1.82, 2.24) is 5.32 Å². The lowest BCUT2D eigenvalue weighted by Gasteiger charge is -2.23. The summed E-state index contributed by atoms with van der Waals surface area (Å²) >= 11 is 0. The normalized spacial score (nSPS) is 23.8. The molecular formula is C11H13NO3S. The first-order valence-corrected chi connectivity index (χ1v) is 6.85. The molecule has 1 aliphatic rings. The third kappa shape index (κ3) is 2.41. The third-order valence-corrected chi connectivity index (χ3v) is 4.09. The molecule has 0 radical (unpaired) electrons. The second kappa shape index (κ2) is 3.90. The fourth-order valence-electron chi connectivity index (χ4n) is 1.86. The number of amides is 1. The van der Waals surface area contributed by atoms with Crippen LogP contribution in [0.5, 0.6) is 0 Å². The molecule has 1 aliphatic heterocycles. The lowest BCUT2D eigenvalue weighted by molar-refractivity contribution is -0.119. The third-order valence-electron chi connectivity index (χ3n) is 2.55. The van der Waals surface area contributed by atoms with Crippen molar-refractivity contribution in [3.63, 3.8) is 0 Å². The number of sulfone groups is 1. The van der Waals surface area contributed by atoms with Crippen LogP contribution < -0.4 is 5.32 Å². The molecule has 86 valence electrons. The van der Waals surface area contributed by atoms with Crippen molar-refractivity contribution in [2.75, 3.05) is 11.5 Å². The Balaban J connectivity index is 2.31. The molecule has 1 heterocycles. The predicted octanol–water partition coefficient (Wildman–Crippen LogP) is 0.581. The van der Waals surface area contributed by atoms with E-state index in [1.165, 1.54) is 0 Å². The van der Waals surface area contributed by atoms with Crippen LogP contribution in [0.2, 0.25) is 0 Å². The van der Waals surface area contributed by atoms with Crippen molar-refractivity contribution < 1.29 is 13.2 Å². The van der Waals surface area contributed by atoms with E-state index < -0.39 is 27.5 Å². The second-order valence-corrected chi connectivity index (χ2v) is 6.20. The molecular weight excluding hydrogens is 226 g/mol. The first-order valence-electron chi connectivity index (χ1n) is 5.03. The van der Waals surface area contributed by atoms with E-state index in [4.69, 9.17) is 0 Å². The lowest BCUT2D eigenvalue weighted by Crippen LogP contribution is -2.43. The van der Waals surface area contributed by atoms with Crippen LogP contribution in [0.1, 0.15) is 17.2 Å². The molecule has 1 aromatic carbocycles. The minimum atomic E-state index is -3.25. The first-order chi connectivity index (χ1) is 7.46. The van der Waals surface area contributed by atoms with Crippen molar-refractivity contribution in [1.29, 1.82) is 0 Å². The minimum absolute atomic E-state index is 0.0117. The number of benzene rings is 1. The molecule has 5 heteroatoms. The van der Waals surface area contributed by atoms with Crippen LogP contribution in [0.15, 0.2) is 24.3 Å². The van der Waals surface area contributed by atoms with E-state index in [1.54, 1.807) is 0 Å². The Bertz CT molecular complexity index is 522. The maximum absolute atomic E-state index is 11.5. The van der Waals surface area contributed by atoms with Gasteiger partial charge in [0.15, 0.2) is 9.84 Å². The van der Waals surface area contributed by atoms with Crippen LogP contribution in [0.25, 0.3) is 0 Å². The van der Waals surface area contributed by atoms with E-state index >= 15 is 0 Å². The fourth-order valence-corrected chi connectivity index (χ4v) is 3.24. The van der Waals surface area contributed by atoms with E-state index in [2.05, 4.69) is 5.32 Å². The highest BCUT2D eigenvalue weighted by Crippen LogP contribution is 2.19. The Morgan fingerprint density at radius 3 is 2.75 bits per heavy atom. The van der Waals surface area contributed by atoms with E-state index in [0.29, 0.717) is 0 Å². The summed E-state index contributed by atoms with van der Waals surface area (Å²) in [7, 11) is -3.25. The Morgan fingerprint density at radius 2 is 2.12 bits per heavy atom. The highest BCUT2D eigenvalue weighted by atomic mass is 32.2. The summed E-state index contributed by atoms with van der Waals surface area (Å²) in [5.41, 5.74) is 1.89. The number of rotatable bonds is 1. The van der Waals surface area contributed by atoms with Gasteiger partial charge >= 0.3 is 0 Å². The molecule has 0 saturated carbocycles. The molecule has 1 N–H and O–H groups in total. The molecule has 0 bridgehead atoms. The van der Waals surface area contributed by atoms with Crippen LogP contribution >= 0.6 is 0 Å². The summed E-state index contributed by atoms with van der Waals surface area (Å²) in [4.78, 5) is 11.3. The molecule has 0 aliphatic carbocycles. The summed E-state index contributed by atoms with van der Waals surface area (Å²) in [5, 5.41) is 2.70. The minimum Gasteiger partial charge on any atom is -0.347 e. The van der Waals surface area contributed by atoms with Crippen LogP contribution in [0.3, 0.4) is 0 Å². The van der Waals surface area contributed by atoms with Crippen LogP contribution in [-0.2, 0) is 14.6 Å². The zero-order valence-electron chi connectivity index (χ0n) is 8.93. The Morgan fingerprint density at radius 1 is 1.38 bits per heavy atom. The molecule has 1 aromatic rings. The quantitative estimate of drug-likeness (QED) is 0.779. The predicted molar refractivity (Wildman–Crippen MR) is 60.7 cm³/mol. The average molecular weight is 239 g/mol. The van der Waals surface area contributed by atoms with E-state index in [9.17, 15) is 13.2 Å². The molecule has 0 spiro atoms. The van der Waals surface area contributed by atoms with Gasteiger partial charge in [0.1, 0.15) is 5.75 Å². The maximum atomic E-state index is 11.5. The van der Waals surface area contributed by atoms with Gasteiger partial charge in [0.2, 0.25) is 5.91 Å². The van der Waals surface area contributed by atoms with Gasteiger partial charge in [-0.05, 0) is 12.5 Å². The molecule has 0 aromatic heterocycles. The van der Waals surface area contributed by atoms with Gasteiger partial charge in [-0.1, -0.05) is 29.8 Å². The second-order valence-electron chi connectivity index (χ2n) is 4.09. The summed E-state index contributed by atoms with van der Waals surface area (Å²) < 4.78 is 22.9. The number of carbonyl (C=O) groups excluding carboxylic acids is 1. The van der Waals surface area contributed by atoms with Gasteiger partial charge in [0.05, 0.1) is 11.8 Å². The van der Waals surface area contributed by atoms with Crippen molar-refractivity contribution in [2.24, 2.45) is 0 Å². The van der Waals surface area contributed by atoms with Gasteiger partial charge in [0, 0.05) is 0 Å². The number of carbonyl (C=O) groups is 1. The van der Waals surface area contributed by atoms with E-state index in [0.717, 1.165) is 11.1 Å². The average Bonchev–Trinajstić information content (AvgIpc) is 2.14. The number of aryl methyl sites for hydroxylation is 1. The van der Waals surface area contributed by atoms with Gasteiger partial charge in [0.25, 0.3) is 0 Å². The summed E-state index contributed by atoms with van der Waals surface area (Å²) in [6, 6.07) is 7.11. The van der Waals surface area contributed by atoms with Crippen molar-refractivity contribution in [2.45, 2.75) is 13.0 Å². The molecule has 1 amide bonds. The number of nitrogens with one attached hydrogen (secondary N) is 1. The molecule has 4 nitrogen and oxygen atoms in total. The largest absolute Gasteiger partial charge is 0.347 e. The Kier molecular flexibility index (Phi) is 2.71. The molecule has 1 unspecified atom stereocenters. The van der Waals surface area contributed by atoms with Crippen molar-refractivity contribution >= 4 is 15.7 Å². The van der Waals surface area contributed by atoms with Crippen molar-refractivity contribution in [3.05, 3.63) is 35.4 Å². The highest BCUT2D eigenvalue weighted by molar-refractivity contribution is 7.92. The van der Waals surface area contributed by atoms with E-state index in [-0.39, 0.29) is 5.75 Å². The fraction of sp³-hybridized carbons (Fsp3) is 0.364. The smallest absolute Gasteiger partial charge is 0.235 e. The lowest BCUT2D eigenvalue weighted by atomic mass is 10.1. The van der Waals surface area contributed by atoms with E-state index in [1.807, 2.05) is 31.2 Å². The monoisotopic (exact) mass is 239 g/mol. The van der Waals surface area contributed by atoms with Gasteiger partial charge in [-0.2, -0.15) is 0 Å². The first kappa shape index (κ1) is 11.1. The van der Waals surface area contributed by atoms with Gasteiger partial charge in [-0.25, -0.2) is 8.42 Å². The Labute approximate surface area is 94.6 Å². The molecule has 1 fully saturated rings. The highest BCUT2D eigenvalue weighted by Gasteiger charge is 2.30. The summed E-state index contributed by atoms with van der Waals surface area (Å²) in [5.74, 6) is -0.824. The molecule has 1 saturated heterocycles. The number of hydrogen-bond donors (Lipinski definition) is 1. The van der Waals surface area contributed by atoms with Gasteiger partial charge in [-0.3, -0.25) is 4.79 Å².